The Balaban J connectivity index is 1.88. The first-order chi connectivity index (χ1) is 9.67. The molecule has 0 aromatic carbocycles. The Hall–Kier alpha value is -0.940. The van der Waals surface area contributed by atoms with E-state index in [2.05, 4.69) is 29.2 Å². The zero-order valence-electron chi connectivity index (χ0n) is 12.8. The minimum atomic E-state index is -0.594. The van der Waals surface area contributed by atoms with Gasteiger partial charge in [-0.15, -0.1) is 0 Å². The summed E-state index contributed by atoms with van der Waals surface area (Å²) in [5.41, 5.74) is -0.594. The average Bonchev–Trinajstić information content (AvgIpc) is 2.86. The van der Waals surface area contributed by atoms with Crippen LogP contribution >= 0.6 is 0 Å². The Kier molecular flexibility index (Phi) is 5.54. The van der Waals surface area contributed by atoms with Gasteiger partial charge in [0.25, 0.3) is 0 Å². The highest BCUT2D eigenvalue weighted by Gasteiger charge is 2.34. The third kappa shape index (κ3) is 4.03. The van der Waals surface area contributed by atoms with Crippen molar-refractivity contribution in [3.8, 4) is 0 Å². The minimum Gasteiger partial charge on any atom is -0.389 e. The van der Waals surface area contributed by atoms with Crippen LogP contribution in [0, 0.1) is 0 Å². The summed E-state index contributed by atoms with van der Waals surface area (Å²) < 4.78 is 1.93. The fourth-order valence-corrected chi connectivity index (χ4v) is 3.00. The van der Waals surface area contributed by atoms with Crippen LogP contribution in [-0.2, 0) is 13.0 Å². The van der Waals surface area contributed by atoms with E-state index in [1.165, 1.54) is 6.42 Å². The molecule has 0 radical (unpaired) electrons. The molecule has 1 fully saturated rings. The van der Waals surface area contributed by atoms with Gasteiger partial charge in [0.1, 0.15) is 12.2 Å². The van der Waals surface area contributed by atoms with E-state index in [1.54, 1.807) is 6.33 Å². The number of rotatable bonds is 7. The van der Waals surface area contributed by atoms with Crippen LogP contribution in [0.3, 0.4) is 0 Å². The van der Waals surface area contributed by atoms with Crippen LogP contribution in [-0.4, -0.2) is 38.1 Å². The molecular weight excluding hydrogens is 252 g/mol. The summed E-state index contributed by atoms with van der Waals surface area (Å²) in [6, 6.07) is 0.573. The molecule has 1 aromatic heterocycles. The maximum Gasteiger partial charge on any atom is 0.138 e. The van der Waals surface area contributed by atoms with Crippen molar-refractivity contribution >= 4 is 0 Å². The van der Waals surface area contributed by atoms with Gasteiger partial charge in [-0.3, -0.25) is 4.68 Å². The zero-order valence-corrected chi connectivity index (χ0v) is 12.8. The molecule has 0 aliphatic heterocycles. The minimum absolute atomic E-state index is 0.573. The van der Waals surface area contributed by atoms with Crippen molar-refractivity contribution in [1.82, 2.24) is 20.1 Å². The number of aromatic nitrogens is 3. The van der Waals surface area contributed by atoms with Crippen LogP contribution < -0.4 is 5.32 Å². The second kappa shape index (κ2) is 7.18. The van der Waals surface area contributed by atoms with Crippen LogP contribution in [0.25, 0.3) is 0 Å². The summed E-state index contributed by atoms with van der Waals surface area (Å²) >= 11 is 0. The van der Waals surface area contributed by atoms with Crippen LogP contribution in [0.15, 0.2) is 6.33 Å². The maximum atomic E-state index is 10.8. The number of aryl methyl sites for hydroxylation is 1. The Bertz CT molecular complexity index is 396. The predicted octanol–water partition coefficient (Wildman–Crippen LogP) is 1.90. The van der Waals surface area contributed by atoms with E-state index in [1.807, 2.05) is 4.68 Å². The molecule has 1 heterocycles. The molecule has 1 saturated carbocycles. The Morgan fingerprint density at radius 1 is 1.35 bits per heavy atom. The standard InChI is InChI=1S/C15H28N4O/c1-3-9-16-13-5-7-15(20,8-6-13)11-14-17-12-18-19(14)10-4-2/h12-13,16,20H,3-11H2,1-2H3. The fourth-order valence-electron chi connectivity index (χ4n) is 3.00. The molecule has 0 amide bonds. The molecule has 0 saturated heterocycles. The molecular formula is C15H28N4O. The average molecular weight is 280 g/mol. The lowest BCUT2D eigenvalue weighted by Gasteiger charge is -2.36. The molecule has 114 valence electrons. The van der Waals surface area contributed by atoms with Gasteiger partial charge in [-0.2, -0.15) is 5.10 Å². The predicted molar refractivity (Wildman–Crippen MR) is 79.5 cm³/mol. The maximum absolute atomic E-state index is 10.8. The molecule has 5 heteroatoms. The summed E-state index contributed by atoms with van der Waals surface area (Å²) in [5, 5.41) is 18.6. The van der Waals surface area contributed by atoms with Crippen molar-refractivity contribution in [2.45, 2.75) is 77.0 Å². The van der Waals surface area contributed by atoms with Crippen LogP contribution in [0.5, 0.6) is 0 Å². The molecule has 1 aliphatic carbocycles. The van der Waals surface area contributed by atoms with E-state index in [0.29, 0.717) is 12.5 Å². The molecule has 2 rings (SSSR count). The van der Waals surface area contributed by atoms with E-state index >= 15 is 0 Å². The van der Waals surface area contributed by atoms with Crippen molar-refractivity contribution in [3.05, 3.63) is 12.2 Å². The zero-order chi connectivity index (χ0) is 14.4. The van der Waals surface area contributed by atoms with Gasteiger partial charge in [0.2, 0.25) is 0 Å². The third-order valence-electron chi connectivity index (χ3n) is 4.22. The van der Waals surface area contributed by atoms with Crippen LogP contribution in [0.2, 0.25) is 0 Å². The van der Waals surface area contributed by atoms with Crippen molar-refractivity contribution in [3.63, 3.8) is 0 Å². The number of hydrogen-bond acceptors (Lipinski definition) is 4. The van der Waals surface area contributed by atoms with Crippen LogP contribution in [0.4, 0.5) is 0 Å². The van der Waals surface area contributed by atoms with Crippen molar-refractivity contribution in [1.29, 1.82) is 0 Å². The normalized spacial score (nSPS) is 26.9. The third-order valence-corrected chi connectivity index (χ3v) is 4.22. The summed E-state index contributed by atoms with van der Waals surface area (Å²) in [6.07, 6.45) is 8.26. The number of aliphatic hydroxyl groups is 1. The van der Waals surface area contributed by atoms with E-state index in [-0.39, 0.29) is 0 Å². The second-order valence-electron chi connectivity index (χ2n) is 6.03. The summed E-state index contributed by atoms with van der Waals surface area (Å²) in [5.74, 6) is 0.925. The molecule has 0 unspecified atom stereocenters. The van der Waals surface area contributed by atoms with Gasteiger partial charge in [-0.25, -0.2) is 4.98 Å². The van der Waals surface area contributed by atoms with Crippen molar-refractivity contribution in [2.75, 3.05) is 6.54 Å². The molecule has 5 nitrogen and oxygen atoms in total. The summed E-state index contributed by atoms with van der Waals surface area (Å²) in [4.78, 5) is 4.32. The molecule has 1 aliphatic rings. The molecule has 2 N–H and O–H groups in total. The quantitative estimate of drug-likeness (QED) is 0.801. The summed E-state index contributed by atoms with van der Waals surface area (Å²) in [6.45, 7) is 6.28. The van der Waals surface area contributed by atoms with E-state index in [9.17, 15) is 5.11 Å². The molecule has 0 bridgehead atoms. The van der Waals surface area contributed by atoms with E-state index < -0.39 is 5.60 Å². The lowest BCUT2D eigenvalue weighted by atomic mass is 9.80. The first-order valence-corrected chi connectivity index (χ1v) is 7.99. The Labute approximate surface area is 121 Å². The van der Waals surface area contributed by atoms with E-state index in [0.717, 1.165) is 51.0 Å². The molecule has 0 atom stereocenters. The molecule has 20 heavy (non-hydrogen) atoms. The Morgan fingerprint density at radius 3 is 2.75 bits per heavy atom. The molecule has 1 aromatic rings. The highest BCUT2D eigenvalue weighted by Crippen LogP contribution is 2.31. The first kappa shape index (κ1) is 15.4. The first-order valence-electron chi connectivity index (χ1n) is 7.99. The molecule has 0 spiro atoms. The van der Waals surface area contributed by atoms with Crippen LogP contribution in [0.1, 0.15) is 58.2 Å². The van der Waals surface area contributed by atoms with Gasteiger partial charge in [0.15, 0.2) is 0 Å². The smallest absolute Gasteiger partial charge is 0.138 e. The largest absolute Gasteiger partial charge is 0.389 e. The van der Waals surface area contributed by atoms with Gasteiger partial charge >= 0.3 is 0 Å². The lowest BCUT2D eigenvalue weighted by Crippen LogP contribution is -2.43. The van der Waals surface area contributed by atoms with Gasteiger partial charge in [-0.1, -0.05) is 13.8 Å². The highest BCUT2D eigenvalue weighted by atomic mass is 16.3. The fraction of sp³-hybridized carbons (Fsp3) is 0.867. The lowest BCUT2D eigenvalue weighted by molar-refractivity contribution is -0.00554. The van der Waals surface area contributed by atoms with Gasteiger partial charge in [-0.05, 0) is 45.1 Å². The Morgan fingerprint density at radius 2 is 2.10 bits per heavy atom. The number of hydrogen-bond donors (Lipinski definition) is 2. The van der Waals surface area contributed by atoms with Crippen molar-refractivity contribution in [2.24, 2.45) is 0 Å². The van der Waals surface area contributed by atoms with E-state index in [4.69, 9.17) is 0 Å². The van der Waals surface area contributed by atoms with Gasteiger partial charge in [0.05, 0.1) is 5.60 Å². The SMILES string of the molecule is CCCNC1CCC(O)(Cc2ncnn2CCC)CC1. The topological polar surface area (TPSA) is 63.0 Å². The van der Waals surface area contributed by atoms with Crippen molar-refractivity contribution < 1.29 is 5.11 Å². The highest BCUT2D eigenvalue weighted by molar-refractivity contribution is 4.98. The number of nitrogens with one attached hydrogen (secondary N) is 1. The monoisotopic (exact) mass is 280 g/mol. The van der Waals surface area contributed by atoms with Gasteiger partial charge in [0, 0.05) is 19.0 Å². The van der Waals surface area contributed by atoms with Gasteiger partial charge < -0.3 is 10.4 Å². The second-order valence-corrected chi connectivity index (χ2v) is 6.03. The summed E-state index contributed by atoms with van der Waals surface area (Å²) in [7, 11) is 0. The number of nitrogens with zero attached hydrogens (tertiary/aromatic N) is 3.